The first-order chi connectivity index (χ1) is 17.7. The number of nitrogens with zero attached hydrogens (tertiary/aromatic N) is 2. The van der Waals surface area contributed by atoms with Gasteiger partial charge in [0.1, 0.15) is 6.54 Å². The van der Waals surface area contributed by atoms with Gasteiger partial charge >= 0.3 is 6.18 Å². The summed E-state index contributed by atoms with van der Waals surface area (Å²) < 4.78 is 67.5. The molecule has 0 aliphatic heterocycles. The number of alkyl halides is 3. The summed E-state index contributed by atoms with van der Waals surface area (Å²) in [7, 11) is -4.74. The number of amides is 2. The van der Waals surface area contributed by atoms with E-state index in [0.29, 0.717) is 16.1 Å². The minimum Gasteiger partial charge on any atom is -0.326 e. The van der Waals surface area contributed by atoms with Crippen molar-refractivity contribution in [2.45, 2.75) is 24.9 Å². The van der Waals surface area contributed by atoms with Gasteiger partial charge in [0.05, 0.1) is 21.1 Å². The van der Waals surface area contributed by atoms with Gasteiger partial charge < -0.3 is 10.6 Å². The van der Waals surface area contributed by atoms with Crippen molar-refractivity contribution in [2.75, 3.05) is 21.5 Å². The lowest BCUT2D eigenvalue weighted by atomic mass is 10.2. The molecule has 2 N–H and O–H groups in total. The lowest BCUT2D eigenvalue weighted by Gasteiger charge is -2.25. The molecule has 0 heterocycles. The van der Waals surface area contributed by atoms with Crippen molar-refractivity contribution in [3.05, 3.63) is 88.0 Å². The van der Waals surface area contributed by atoms with Crippen molar-refractivity contribution in [1.29, 1.82) is 0 Å². The van der Waals surface area contributed by atoms with Crippen molar-refractivity contribution in [3.8, 4) is 0 Å². The predicted molar refractivity (Wildman–Crippen MR) is 133 cm³/mol. The Bertz CT molecular complexity index is 1490. The molecule has 3 rings (SSSR count). The molecule has 0 unspecified atom stereocenters. The number of benzene rings is 3. The first-order valence-electron chi connectivity index (χ1n) is 10.8. The van der Waals surface area contributed by atoms with Crippen LogP contribution in [0.3, 0.4) is 0 Å². The third kappa shape index (κ3) is 6.64. The normalized spacial score (nSPS) is 11.5. The molecule has 0 radical (unpaired) electrons. The molecule has 0 aliphatic carbocycles. The van der Waals surface area contributed by atoms with Crippen LogP contribution in [0.4, 0.5) is 35.9 Å². The molecule has 3 aromatic rings. The second-order valence-electron chi connectivity index (χ2n) is 8.07. The van der Waals surface area contributed by atoms with Crippen LogP contribution in [0.25, 0.3) is 0 Å². The van der Waals surface area contributed by atoms with Gasteiger partial charge in [-0.15, -0.1) is 0 Å². The first kappa shape index (κ1) is 28.1. The van der Waals surface area contributed by atoms with Gasteiger partial charge in [0.2, 0.25) is 11.8 Å². The Morgan fingerprint density at radius 1 is 0.974 bits per heavy atom. The summed E-state index contributed by atoms with van der Waals surface area (Å²) in [5.41, 5.74) is -1.32. The quantitative estimate of drug-likeness (QED) is 0.308. The standard InChI is InChI=1S/C24H21F3N4O6S/c1-15-6-11-21(13-22(15)31(34)35)38(36,37)30(20-5-3-4-17(12-20)24(25,26)27)14-23(33)29-19-9-7-18(8-10-19)28-16(2)32/h3-13H,14H2,1-2H3,(H,28,32)(H,29,33). The Morgan fingerprint density at radius 3 is 2.13 bits per heavy atom. The van der Waals surface area contributed by atoms with Gasteiger partial charge in [-0.3, -0.25) is 24.0 Å². The first-order valence-corrected chi connectivity index (χ1v) is 12.2. The lowest BCUT2D eigenvalue weighted by Crippen LogP contribution is -2.38. The Balaban J connectivity index is 2.01. The molecule has 3 aromatic carbocycles. The number of nitro groups is 1. The Kier molecular flexibility index (Phi) is 8.05. The summed E-state index contributed by atoms with van der Waals surface area (Å²) >= 11 is 0. The van der Waals surface area contributed by atoms with Crippen molar-refractivity contribution in [3.63, 3.8) is 0 Å². The third-order valence-electron chi connectivity index (χ3n) is 5.20. The maximum Gasteiger partial charge on any atom is 0.416 e. The summed E-state index contributed by atoms with van der Waals surface area (Å²) in [6, 6.07) is 12.2. The average molecular weight is 551 g/mol. The van der Waals surface area contributed by atoms with Gasteiger partial charge in [-0.2, -0.15) is 13.2 Å². The molecule has 0 bridgehead atoms. The fraction of sp³-hybridized carbons (Fsp3) is 0.167. The maximum absolute atomic E-state index is 13.5. The highest BCUT2D eigenvalue weighted by Crippen LogP contribution is 2.34. The number of nitro benzene ring substituents is 1. The summed E-state index contributed by atoms with van der Waals surface area (Å²) in [6.07, 6.45) is -4.80. The van der Waals surface area contributed by atoms with E-state index in [9.17, 15) is 41.3 Å². The molecule has 14 heteroatoms. The SMILES string of the molecule is CC(=O)Nc1ccc(NC(=O)CN(c2cccc(C(F)(F)F)c2)S(=O)(=O)c2ccc(C)c([N+](=O)[O-])c2)cc1. The number of anilines is 3. The van der Waals surface area contributed by atoms with Gasteiger partial charge in [-0.25, -0.2) is 8.42 Å². The van der Waals surface area contributed by atoms with Gasteiger partial charge in [0.25, 0.3) is 15.7 Å². The van der Waals surface area contributed by atoms with Crippen LogP contribution in [-0.2, 0) is 25.8 Å². The van der Waals surface area contributed by atoms with Crippen molar-refractivity contribution in [2.24, 2.45) is 0 Å². The molecule has 38 heavy (non-hydrogen) atoms. The highest BCUT2D eigenvalue weighted by molar-refractivity contribution is 7.92. The highest BCUT2D eigenvalue weighted by Gasteiger charge is 2.34. The smallest absolute Gasteiger partial charge is 0.326 e. The van der Waals surface area contributed by atoms with Crippen LogP contribution in [0.15, 0.2) is 71.6 Å². The van der Waals surface area contributed by atoms with E-state index in [-0.39, 0.29) is 17.2 Å². The summed E-state index contributed by atoms with van der Waals surface area (Å²) in [4.78, 5) is 34.0. The van der Waals surface area contributed by atoms with Crippen LogP contribution in [0, 0.1) is 17.0 Å². The number of halogens is 3. The molecule has 0 fully saturated rings. The number of nitrogens with one attached hydrogen (secondary N) is 2. The second kappa shape index (κ2) is 10.9. The molecule has 10 nitrogen and oxygen atoms in total. The number of carbonyl (C=O) groups is 2. The monoisotopic (exact) mass is 550 g/mol. The second-order valence-corrected chi connectivity index (χ2v) is 9.93. The molecule has 0 aliphatic rings. The van der Waals surface area contributed by atoms with Crippen LogP contribution < -0.4 is 14.9 Å². The molecule has 0 saturated carbocycles. The minimum absolute atomic E-state index is 0.167. The van der Waals surface area contributed by atoms with E-state index in [2.05, 4.69) is 10.6 Å². The molecule has 0 spiro atoms. The Labute approximate surface area is 215 Å². The minimum atomic E-state index is -4.80. The van der Waals surface area contributed by atoms with Gasteiger partial charge in [0, 0.05) is 29.9 Å². The zero-order chi connectivity index (χ0) is 28.3. The van der Waals surface area contributed by atoms with E-state index in [1.54, 1.807) is 0 Å². The Morgan fingerprint density at radius 2 is 1.58 bits per heavy atom. The predicted octanol–water partition coefficient (Wildman–Crippen LogP) is 4.71. The molecule has 0 atom stereocenters. The van der Waals surface area contributed by atoms with Crippen LogP contribution in [0.2, 0.25) is 0 Å². The number of carbonyl (C=O) groups excluding carboxylic acids is 2. The van der Waals surface area contributed by atoms with Crippen molar-refractivity contribution in [1.82, 2.24) is 0 Å². The highest BCUT2D eigenvalue weighted by atomic mass is 32.2. The molecular weight excluding hydrogens is 529 g/mol. The van der Waals surface area contributed by atoms with E-state index in [1.165, 1.54) is 44.2 Å². The van der Waals surface area contributed by atoms with Gasteiger partial charge in [0.15, 0.2) is 0 Å². The van der Waals surface area contributed by atoms with Gasteiger partial charge in [-0.05, 0) is 55.5 Å². The fourth-order valence-electron chi connectivity index (χ4n) is 3.40. The third-order valence-corrected chi connectivity index (χ3v) is 6.97. The van der Waals surface area contributed by atoms with E-state index in [4.69, 9.17) is 0 Å². The van der Waals surface area contributed by atoms with Crippen LogP contribution >= 0.6 is 0 Å². The molecule has 200 valence electrons. The lowest BCUT2D eigenvalue weighted by molar-refractivity contribution is -0.385. The Hall–Kier alpha value is -4.46. The van der Waals surface area contributed by atoms with E-state index in [0.717, 1.165) is 30.3 Å². The zero-order valence-corrected chi connectivity index (χ0v) is 20.8. The van der Waals surface area contributed by atoms with E-state index in [1.807, 2.05) is 0 Å². The van der Waals surface area contributed by atoms with Crippen molar-refractivity contribution < 1.29 is 36.1 Å². The summed E-state index contributed by atoms with van der Waals surface area (Å²) in [6.45, 7) is 1.75. The maximum atomic E-state index is 13.5. The average Bonchev–Trinajstić information content (AvgIpc) is 2.83. The molecule has 2 amide bonds. The van der Waals surface area contributed by atoms with Crippen LogP contribution in [0.1, 0.15) is 18.1 Å². The summed E-state index contributed by atoms with van der Waals surface area (Å²) in [5, 5.41) is 16.3. The summed E-state index contributed by atoms with van der Waals surface area (Å²) in [5.74, 6) is -1.22. The van der Waals surface area contributed by atoms with Crippen LogP contribution in [-0.4, -0.2) is 31.7 Å². The number of rotatable bonds is 8. The van der Waals surface area contributed by atoms with Crippen LogP contribution in [0.5, 0.6) is 0 Å². The fourth-order valence-corrected chi connectivity index (χ4v) is 4.83. The number of aryl methyl sites for hydroxylation is 1. The molecule has 0 saturated heterocycles. The van der Waals surface area contributed by atoms with E-state index < -0.39 is 55.4 Å². The van der Waals surface area contributed by atoms with Gasteiger partial charge in [-0.1, -0.05) is 12.1 Å². The van der Waals surface area contributed by atoms with E-state index >= 15 is 0 Å². The topological polar surface area (TPSA) is 139 Å². The van der Waals surface area contributed by atoms with Crippen molar-refractivity contribution >= 4 is 44.6 Å². The number of hydrogen-bond donors (Lipinski definition) is 2. The largest absolute Gasteiger partial charge is 0.416 e. The molecule has 0 aromatic heterocycles. The zero-order valence-electron chi connectivity index (χ0n) is 19.9. The number of sulfonamides is 1. The molecular formula is C24H21F3N4O6S. The number of hydrogen-bond acceptors (Lipinski definition) is 6.